The number of ether oxygens (including phenoxy) is 1. The van der Waals surface area contributed by atoms with Crippen LogP contribution in [0.15, 0.2) is 59.2 Å². The van der Waals surface area contributed by atoms with Crippen LogP contribution in [0.1, 0.15) is 16.1 Å². The molecule has 0 spiro atoms. The van der Waals surface area contributed by atoms with Crippen molar-refractivity contribution in [3.63, 3.8) is 0 Å². The molecule has 2 aromatic carbocycles. The van der Waals surface area contributed by atoms with E-state index in [1.165, 1.54) is 0 Å². The van der Waals surface area contributed by atoms with E-state index in [0.29, 0.717) is 17.0 Å². The predicted octanol–water partition coefficient (Wildman–Crippen LogP) is 4.21. The largest absolute Gasteiger partial charge is 0.481 e. The molecular formula is C20H16BrN3O2. The highest BCUT2D eigenvalue weighted by Crippen LogP contribution is 2.20. The number of hydrogen-bond acceptors (Lipinski definition) is 3. The molecule has 0 aliphatic heterocycles. The van der Waals surface area contributed by atoms with Crippen LogP contribution < -0.4 is 10.1 Å². The van der Waals surface area contributed by atoms with Crippen molar-refractivity contribution in [2.24, 2.45) is 0 Å². The highest BCUT2D eigenvalue weighted by Gasteiger charge is 2.15. The summed E-state index contributed by atoms with van der Waals surface area (Å²) in [5.74, 6) is 2.84. The molecule has 0 aliphatic carbocycles. The summed E-state index contributed by atoms with van der Waals surface area (Å²) in [6.07, 6.45) is 6.73. The van der Waals surface area contributed by atoms with Gasteiger partial charge in [0.2, 0.25) is 0 Å². The van der Waals surface area contributed by atoms with Crippen LogP contribution in [0.5, 0.6) is 5.75 Å². The van der Waals surface area contributed by atoms with Crippen molar-refractivity contribution in [1.82, 2.24) is 9.78 Å². The van der Waals surface area contributed by atoms with Gasteiger partial charge in [0.15, 0.2) is 0 Å². The van der Waals surface area contributed by atoms with Crippen molar-refractivity contribution >= 4 is 27.5 Å². The number of carbonyl (C=O) groups excluding carboxylic acids is 1. The Bertz CT molecular complexity index is 954. The Morgan fingerprint density at radius 3 is 2.58 bits per heavy atom. The van der Waals surface area contributed by atoms with Gasteiger partial charge in [0, 0.05) is 10.2 Å². The number of benzene rings is 2. The molecule has 130 valence electrons. The second kappa shape index (κ2) is 7.89. The van der Waals surface area contributed by atoms with E-state index in [4.69, 9.17) is 11.2 Å². The van der Waals surface area contributed by atoms with Crippen molar-refractivity contribution in [3.8, 4) is 23.8 Å². The molecule has 0 unspecified atom stereocenters. The van der Waals surface area contributed by atoms with Crippen LogP contribution in [-0.4, -0.2) is 22.3 Å². The highest BCUT2D eigenvalue weighted by atomic mass is 79.9. The lowest BCUT2D eigenvalue weighted by Gasteiger charge is -2.08. The fourth-order valence-electron chi connectivity index (χ4n) is 2.43. The third kappa shape index (κ3) is 3.95. The Morgan fingerprint density at radius 2 is 1.92 bits per heavy atom. The third-order valence-corrected chi connectivity index (χ3v) is 4.29. The van der Waals surface area contributed by atoms with Gasteiger partial charge in [0.1, 0.15) is 12.4 Å². The molecule has 0 radical (unpaired) electrons. The molecule has 1 heterocycles. The minimum Gasteiger partial charge on any atom is -0.481 e. The maximum Gasteiger partial charge on any atom is 0.259 e. The van der Waals surface area contributed by atoms with Crippen LogP contribution in [-0.2, 0) is 0 Å². The molecule has 26 heavy (non-hydrogen) atoms. The molecule has 0 atom stereocenters. The molecular weight excluding hydrogens is 394 g/mol. The van der Waals surface area contributed by atoms with Gasteiger partial charge in [-0.1, -0.05) is 21.9 Å². The van der Waals surface area contributed by atoms with Crippen LogP contribution in [0.25, 0.3) is 5.69 Å². The standard InChI is InChI=1S/C20H16BrN3O2/c1-3-12-26-18-10-6-16(7-11-18)23-20(25)19-13-22-24(14(19)2)17-8-4-15(21)5-9-17/h1,4-11,13H,12H2,2H3,(H,23,25). The molecule has 3 rings (SSSR count). The number of halogens is 1. The van der Waals surface area contributed by atoms with E-state index < -0.39 is 0 Å². The zero-order chi connectivity index (χ0) is 18.5. The fourth-order valence-corrected chi connectivity index (χ4v) is 2.70. The van der Waals surface area contributed by atoms with Gasteiger partial charge in [0.25, 0.3) is 5.91 Å². The topological polar surface area (TPSA) is 56.1 Å². The number of nitrogens with zero attached hydrogens (tertiary/aromatic N) is 2. The number of terminal acetylenes is 1. The molecule has 3 aromatic rings. The van der Waals surface area contributed by atoms with Crippen LogP contribution in [0.2, 0.25) is 0 Å². The zero-order valence-corrected chi connectivity index (χ0v) is 15.7. The monoisotopic (exact) mass is 409 g/mol. The van der Waals surface area contributed by atoms with Crippen molar-refractivity contribution < 1.29 is 9.53 Å². The van der Waals surface area contributed by atoms with Gasteiger partial charge in [-0.05, 0) is 55.5 Å². The average molecular weight is 410 g/mol. The SMILES string of the molecule is C#CCOc1ccc(NC(=O)c2cnn(-c3ccc(Br)cc3)c2C)cc1. The van der Waals surface area contributed by atoms with Crippen molar-refractivity contribution in [3.05, 3.63) is 70.5 Å². The number of aromatic nitrogens is 2. The Balaban J connectivity index is 1.74. The van der Waals surface area contributed by atoms with Gasteiger partial charge in [0.05, 0.1) is 23.1 Å². The maximum absolute atomic E-state index is 12.6. The van der Waals surface area contributed by atoms with Crippen LogP contribution in [0, 0.1) is 19.3 Å². The Labute approximate surface area is 160 Å². The summed E-state index contributed by atoms with van der Waals surface area (Å²) in [5, 5.41) is 7.19. The second-order valence-corrected chi connectivity index (χ2v) is 6.42. The van der Waals surface area contributed by atoms with Gasteiger partial charge in [-0.3, -0.25) is 4.79 Å². The number of rotatable bonds is 5. The number of anilines is 1. The lowest BCUT2D eigenvalue weighted by molar-refractivity contribution is 0.102. The molecule has 5 nitrogen and oxygen atoms in total. The van der Waals surface area contributed by atoms with Gasteiger partial charge >= 0.3 is 0 Å². The minimum atomic E-state index is -0.219. The summed E-state index contributed by atoms with van der Waals surface area (Å²) in [6, 6.07) is 14.8. The first-order valence-electron chi connectivity index (χ1n) is 7.86. The summed E-state index contributed by atoms with van der Waals surface area (Å²) >= 11 is 3.41. The smallest absolute Gasteiger partial charge is 0.259 e. The zero-order valence-electron chi connectivity index (χ0n) is 14.1. The fraction of sp³-hybridized carbons (Fsp3) is 0.100. The minimum absolute atomic E-state index is 0.208. The summed E-state index contributed by atoms with van der Waals surface area (Å²) in [5.41, 5.74) is 2.83. The normalized spacial score (nSPS) is 10.2. The summed E-state index contributed by atoms with van der Waals surface area (Å²) < 4.78 is 8.03. The predicted molar refractivity (Wildman–Crippen MR) is 105 cm³/mol. The number of amides is 1. The number of carbonyl (C=O) groups is 1. The molecule has 1 N–H and O–H groups in total. The Morgan fingerprint density at radius 1 is 1.23 bits per heavy atom. The summed E-state index contributed by atoms with van der Waals surface area (Å²) in [6.45, 7) is 2.07. The molecule has 6 heteroatoms. The molecule has 0 saturated heterocycles. The van der Waals surface area contributed by atoms with Crippen molar-refractivity contribution in [2.45, 2.75) is 6.92 Å². The Kier molecular flexibility index (Phi) is 5.40. The number of hydrogen-bond donors (Lipinski definition) is 1. The quantitative estimate of drug-likeness (QED) is 0.642. The van der Waals surface area contributed by atoms with Crippen LogP contribution >= 0.6 is 15.9 Å². The molecule has 0 saturated carbocycles. The van der Waals surface area contributed by atoms with E-state index >= 15 is 0 Å². The first-order chi connectivity index (χ1) is 12.6. The van der Waals surface area contributed by atoms with Crippen LogP contribution in [0.4, 0.5) is 5.69 Å². The summed E-state index contributed by atoms with van der Waals surface area (Å²) in [4.78, 5) is 12.6. The van der Waals surface area contributed by atoms with Gasteiger partial charge < -0.3 is 10.1 Å². The first-order valence-corrected chi connectivity index (χ1v) is 8.66. The van der Waals surface area contributed by atoms with E-state index in [1.54, 1.807) is 35.1 Å². The molecule has 1 amide bonds. The molecule has 0 fully saturated rings. The van der Waals surface area contributed by atoms with Gasteiger partial charge in [-0.2, -0.15) is 5.10 Å². The second-order valence-electron chi connectivity index (χ2n) is 5.50. The lowest BCUT2D eigenvalue weighted by atomic mass is 10.2. The van der Waals surface area contributed by atoms with E-state index in [9.17, 15) is 4.79 Å². The van der Waals surface area contributed by atoms with E-state index in [1.807, 2.05) is 31.2 Å². The van der Waals surface area contributed by atoms with Gasteiger partial charge in [-0.25, -0.2) is 4.68 Å². The molecule has 0 bridgehead atoms. The molecule has 1 aromatic heterocycles. The number of nitrogens with one attached hydrogen (secondary N) is 1. The summed E-state index contributed by atoms with van der Waals surface area (Å²) in [7, 11) is 0. The van der Waals surface area contributed by atoms with Crippen LogP contribution in [0.3, 0.4) is 0 Å². The highest BCUT2D eigenvalue weighted by molar-refractivity contribution is 9.10. The maximum atomic E-state index is 12.6. The third-order valence-electron chi connectivity index (χ3n) is 3.76. The lowest BCUT2D eigenvalue weighted by Crippen LogP contribution is -2.13. The van der Waals surface area contributed by atoms with Crippen molar-refractivity contribution in [1.29, 1.82) is 0 Å². The van der Waals surface area contributed by atoms with Crippen molar-refractivity contribution in [2.75, 3.05) is 11.9 Å². The Hall–Kier alpha value is -3.04. The average Bonchev–Trinajstić information content (AvgIpc) is 3.03. The van der Waals surface area contributed by atoms with E-state index in [2.05, 4.69) is 32.3 Å². The van der Waals surface area contributed by atoms with E-state index in [-0.39, 0.29) is 12.5 Å². The first kappa shape index (κ1) is 17.8. The van der Waals surface area contributed by atoms with Gasteiger partial charge in [-0.15, -0.1) is 6.42 Å². The van der Waals surface area contributed by atoms with E-state index in [0.717, 1.165) is 15.9 Å². The molecule has 0 aliphatic rings.